The molecule has 1 heteroatoms. The van der Waals surface area contributed by atoms with Crippen LogP contribution >= 0.6 is 0 Å². The SMILES string of the molecule is NC1(C2CCCC2)CCCc2ccccc21. The first kappa shape index (κ1) is 10.3. The van der Waals surface area contributed by atoms with E-state index < -0.39 is 0 Å². The van der Waals surface area contributed by atoms with Gasteiger partial charge in [-0.25, -0.2) is 0 Å². The molecular weight excluding hydrogens is 194 g/mol. The summed E-state index contributed by atoms with van der Waals surface area (Å²) in [6.07, 6.45) is 9.12. The third kappa shape index (κ3) is 1.49. The van der Waals surface area contributed by atoms with Crippen molar-refractivity contribution >= 4 is 0 Å². The van der Waals surface area contributed by atoms with Crippen LogP contribution in [0.4, 0.5) is 0 Å². The van der Waals surface area contributed by atoms with E-state index in [1.807, 2.05) is 0 Å². The van der Waals surface area contributed by atoms with E-state index in [1.165, 1.54) is 56.1 Å². The number of benzene rings is 1. The first-order valence-electron chi connectivity index (χ1n) is 6.68. The van der Waals surface area contributed by atoms with Crippen LogP contribution in [-0.4, -0.2) is 0 Å². The standard InChI is InChI=1S/C15H21N/c16-15(13-8-2-3-9-13)11-5-7-12-6-1-4-10-14(12)15/h1,4,6,10,13H,2-3,5,7-9,11,16H2. The van der Waals surface area contributed by atoms with Crippen LogP contribution in [0.5, 0.6) is 0 Å². The van der Waals surface area contributed by atoms with Crippen LogP contribution in [0.1, 0.15) is 49.7 Å². The molecule has 0 saturated heterocycles. The second-order valence-corrected chi connectivity index (χ2v) is 5.53. The van der Waals surface area contributed by atoms with Crippen LogP contribution in [0, 0.1) is 5.92 Å². The highest BCUT2D eigenvalue weighted by Crippen LogP contribution is 2.45. The molecule has 0 spiro atoms. The smallest absolute Gasteiger partial charge is 0.0441 e. The van der Waals surface area contributed by atoms with Gasteiger partial charge >= 0.3 is 0 Å². The molecule has 86 valence electrons. The Bertz CT molecular complexity index is 379. The van der Waals surface area contributed by atoms with Crippen molar-refractivity contribution in [3.8, 4) is 0 Å². The molecule has 1 aromatic carbocycles. The van der Waals surface area contributed by atoms with E-state index in [9.17, 15) is 0 Å². The van der Waals surface area contributed by atoms with Gasteiger partial charge in [-0.2, -0.15) is 0 Å². The normalized spacial score (nSPS) is 30.3. The maximum Gasteiger partial charge on any atom is 0.0441 e. The predicted molar refractivity (Wildman–Crippen MR) is 67.2 cm³/mol. The lowest BCUT2D eigenvalue weighted by Gasteiger charge is -2.40. The molecule has 2 aliphatic rings. The molecule has 16 heavy (non-hydrogen) atoms. The average molecular weight is 215 g/mol. The molecule has 0 aromatic heterocycles. The van der Waals surface area contributed by atoms with Gasteiger partial charge in [0.25, 0.3) is 0 Å². The molecule has 1 atom stereocenters. The van der Waals surface area contributed by atoms with Gasteiger partial charge in [-0.3, -0.25) is 0 Å². The van der Waals surface area contributed by atoms with Gasteiger partial charge in [0.2, 0.25) is 0 Å². The van der Waals surface area contributed by atoms with Gasteiger partial charge in [0, 0.05) is 5.54 Å². The van der Waals surface area contributed by atoms with E-state index in [4.69, 9.17) is 5.73 Å². The summed E-state index contributed by atoms with van der Waals surface area (Å²) in [6, 6.07) is 8.85. The minimum absolute atomic E-state index is 0.00859. The van der Waals surface area contributed by atoms with Gasteiger partial charge in [-0.1, -0.05) is 37.1 Å². The van der Waals surface area contributed by atoms with E-state index in [1.54, 1.807) is 0 Å². The highest BCUT2D eigenvalue weighted by molar-refractivity contribution is 5.36. The molecule has 0 aliphatic heterocycles. The third-order valence-electron chi connectivity index (χ3n) is 4.64. The quantitative estimate of drug-likeness (QED) is 0.763. The Hall–Kier alpha value is -0.820. The third-order valence-corrected chi connectivity index (χ3v) is 4.64. The zero-order valence-corrected chi connectivity index (χ0v) is 9.91. The van der Waals surface area contributed by atoms with Gasteiger partial charge in [-0.15, -0.1) is 0 Å². The minimum Gasteiger partial charge on any atom is -0.321 e. The highest BCUT2D eigenvalue weighted by Gasteiger charge is 2.40. The summed E-state index contributed by atoms with van der Waals surface area (Å²) in [5.74, 6) is 0.731. The van der Waals surface area contributed by atoms with Crippen LogP contribution in [0.2, 0.25) is 0 Å². The fourth-order valence-corrected chi connectivity index (χ4v) is 3.76. The molecule has 1 unspecified atom stereocenters. The lowest BCUT2D eigenvalue weighted by Crippen LogP contribution is -2.45. The Kier molecular flexibility index (Phi) is 2.51. The summed E-state index contributed by atoms with van der Waals surface area (Å²) >= 11 is 0. The summed E-state index contributed by atoms with van der Waals surface area (Å²) in [5.41, 5.74) is 9.72. The Morgan fingerprint density at radius 2 is 1.81 bits per heavy atom. The molecule has 1 fully saturated rings. The van der Waals surface area contributed by atoms with E-state index in [0.717, 1.165) is 5.92 Å². The Morgan fingerprint density at radius 1 is 1.06 bits per heavy atom. The Labute approximate surface area is 98.0 Å². The minimum atomic E-state index is -0.00859. The molecule has 0 heterocycles. The van der Waals surface area contributed by atoms with Crippen molar-refractivity contribution in [3.05, 3.63) is 35.4 Å². The average Bonchev–Trinajstić information content (AvgIpc) is 2.84. The molecule has 0 bridgehead atoms. The number of hydrogen-bond donors (Lipinski definition) is 1. The van der Waals surface area contributed by atoms with Gasteiger partial charge in [0.05, 0.1) is 0 Å². The fourth-order valence-electron chi connectivity index (χ4n) is 3.76. The van der Waals surface area contributed by atoms with Gasteiger partial charge in [0.15, 0.2) is 0 Å². The van der Waals surface area contributed by atoms with Gasteiger partial charge < -0.3 is 5.73 Å². The molecule has 3 rings (SSSR count). The molecule has 1 saturated carbocycles. The molecule has 2 aliphatic carbocycles. The first-order valence-corrected chi connectivity index (χ1v) is 6.68. The van der Waals surface area contributed by atoms with E-state index in [2.05, 4.69) is 24.3 Å². The summed E-state index contributed by atoms with van der Waals surface area (Å²) < 4.78 is 0. The summed E-state index contributed by atoms with van der Waals surface area (Å²) in [6.45, 7) is 0. The largest absolute Gasteiger partial charge is 0.321 e. The van der Waals surface area contributed by atoms with Crippen LogP contribution in [0.3, 0.4) is 0 Å². The van der Waals surface area contributed by atoms with Gasteiger partial charge in [0.1, 0.15) is 0 Å². The summed E-state index contributed by atoms with van der Waals surface area (Å²) in [4.78, 5) is 0. The topological polar surface area (TPSA) is 26.0 Å². The van der Waals surface area contributed by atoms with Crippen molar-refractivity contribution in [3.63, 3.8) is 0 Å². The van der Waals surface area contributed by atoms with Crippen molar-refractivity contribution in [2.75, 3.05) is 0 Å². The zero-order valence-electron chi connectivity index (χ0n) is 9.91. The number of nitrogens with two attached hydrogens (primary N) is 1. The van der Waals surface area contributed by atoms with Crippen molar-refractivity contribution in [1.29, 1.82) is 0 Å². The number of hydrogen-bond acceptors (Lipinski definition) is 1. The van der Waals surface area contributed by atoms with E-state index >= 15 is 0 Å². The maximum atomic E-state index is 6.78. The maximum absolute atomic E-state index is 6.78. The van der Waals surface area contributed by atoms with Crippen LogP contribution in [-0.2, 0) is 12.0 Å². The number of rotatable bonds is 1. The molecule has 1 aromatic rings. The van der Waals surface area contributed by atoms with Crippen LogP contribution < -0.4 is 5.73 Å². The lowest BCUT2D eigenvalue weighted by atomic mass is 9.69. The lowest BCUT2D eigenvalue weighted by molar-refractivity contribution is 0.241. The highest BCUT2D eigenvalue weighted by atomic mass is 14.8. The second-order valence-electron chi connectivity index (χ2n) is 5.53. The van der Waals surface area contributed by atoms with E-state index in [-0.39, 0.29) is 5.54 Å². The zero-order chi connectivity index (χ0) is 11.0. The molecule has 0 amide bonds. The number of fused-ring (bicyclic) bond motifs is 1. The van der Waals surface area contributed by atoms with Crippen molar-refractivity contribution in [1.82, 2.24) is 0 Å². The number of aryl methyl sites for hydroxylation is 1. The first-order chi connectivity index (χ1) is 7.81. The molecule has 2 N–H and O–H groups in total. The van der Waals surface area contributed by atoms with Crippen molar-refractivity contribution in [2.24, 2.45) is 11.7 Å². The Balaban J connectivity index is 2.02. The molecule has 0 radical (unpaired) electrons. The van der Waals surface area contributed by atoms with E-state index in [0.29, 0.717) is 0 Å². The predicted octanol–water partition coefficient (Wildman–Crippen LogP) is 3.37. The van der Waals surface area contributed by atoms with Crippen LogP contribution in [0.25, 0.3) is 0 Å². The van der Waals surface area contributed by atoms with Crippen molar-refractivity contribution < 1.29 is 0 Å². The summed E-state index contributed by atoms with van der Waals surface area (Å²) in [5, 5.41) is 0. The monoisotopic (exact) mass is 215 g/mol. The van der Waals surface area contributed by atoms with Crippen molar-refractivity contribution in [2.45, 2.75) is 50.5 Å². The second kappa shape index (κ2) is 3.89. The summed E-state index contributed by atoms with van der Waals surface area (Å²) in [7, 11) is 0. The molecular formula is C15H21N. The molecule has 1 nitrogen and oxygen atoms in total. The fraction of sp³-hybridized carbons (Fsp3) is 0.600. The van der Waals surface area contributed by atoms with Gasteiger partial charge in [-0.05, 0) is 49.1 Å². The Morgan fingerprint density at radius 3 is 2.62 bits per heavy atom. The van der Waals surface area contributed by atoms with Crippen LogP contribution in [0.15, 0.2) is 24.3 Å².